The summed E-state index contributed by atoms with van der Waals surface area (Å²) in [6, 6.07) is 8.06. The van der Waals surface area contributed by atoms with Crippen molar-refractivity contribution in [3.63, 3.8) is 0 Å². The van der Waals surface area contributed by atoms with E-state index in [1.54, 1.807) is 25.2 Å². The topological polar surface area (TPSA) is 57.7 Å². The molecule has 5 nitrogen and oxygen atoms in total. The first-order valence-corrected chi connectivity index (χ1v) is 10.4. The fourth-order valence-electron chi connectivity index (χ4n) is 2.00. The summed E-state index contributed by atoms with van der Waals surface area (Å²) in [6.45, 7) is -0.0799. The van der Waals surface area contributed by atoms with Crippen LogP contribution < -0.4 is 0 Å². The van der Waals surface area contributed by atoms with Gasteiger partial charge in [-0.05, 0) is 23.8 Å². The Morgan fingerprint density at radius 3 is 2.40 bits per heavy atom. The van der Waals surface area contributed by atoms with Gasteiger partial charge in [-0.25, -0.2) is 8.42 Å². The summed E-state index contributed by atoms with van der Waals surface area (Å²) in [6.07, 6.45) is 0. The highest BCUT2D eigenvalue weighted by Crippen LogP contribution is 2.28. The molecule has 0 saturated heterocycles. The van der Waals surface area contributed by atoms with Gasteiger partial charge in [0.15, 0.2) is 0 Å². The van der Waals surface area contributed by atoms with Crippen molar-refractivity contribution >= 4 is 62.1 Å². The van der Waals surface area contributed by atoms with Gasteiger partial charge in [0.1, 0.15) is 4.21 Å². The van der Waals surface area contributed by atoms with Gasteiger partial charge in [-0.3, -0.25) is 4.79 Å². The highest BCUT2D eigenvalue weighted by atomic mass is 35.5. The summed E-state index contributed by atoms with van der Waals surface area (Å²) in [5, 5.41) is 0.771. The van der Waals surface area contributed by atoms with Gasteiger partial charge in [0.25, 0.3) is 10.0 Å². The van der Waals surface area contributed by atoms with Crippen LogP contribution in [0.3, 0.4) is 0 Å². The van der Waals surface area contributed by atoms with Crippen LogP contribution in [0, 0.1) is 0 Å². The Bertz CT molecular complexity index is 884. The average molecular weight is 442 g/mol. The van der Waals surface area contributed by atoms with Gasteiger partial charge in [-0.15, -0.1) is 11.3 Å². The average Bonchev–Trinajstić information content (AvgIpc) is 2.98. The Balaban J connectivity index is 2.06. The Kier molecular flexibility index (Phi) is 6.75. The molecule has 0 aliphatic rings. The molecule has 10 heteroatoms. The Hall–Kier alpha value is -0.830. The van der Waals surface area contributed by atoms with Crippen LogP contribution in [-0.4, -0.2) is 44.2 Å². The quantitative estimate of drug-likeness (QED) is 0.681. The monoisotopic (exact) mass is 440 g/mol. The number of benzene rings is 1. The van der Waals surface area contributed by atoms with Gasteiger partial charge in [0.05, 0.1) is 20.9 Å². The molecule has 0 N–H and O–H groups in total. The van der Waals surface area contributed by atoms with Crippen molar-refractivity contribution in [2.75, 3.05) is 20.6 Å². The summed E-state index contributed by atoms with van der Waals surface area (Å²) in [5.41, 5.74) is 0.681. The van der Waals surface area contributed by atoms with E-state index in [-0.39, 0.29) is 23.2 Å². The number of hydrogen-bond donors (Lipinski definition) is 0. The van der Waals surface area contributed by atoms with Gasteiger partial charge in [0, 0.05) is 20.6 Å². The zero-order valence-electron chi connectivity index (χ0n) is 13.4. The van der Waals surface area contributed by atoms with Gasteiger partial charge in [0.2, 0.25) is 5.91 Å². The van der Waals surface area contributed by atoms with E-state index >= 15 is 0 Å². The molecule has 0 spiro atoms. The van der Waals surface area contributed by atoms with Gasteiger partial charge >= 0.3 is 0 Å². The highest BCUT2D eigenvalue weighted by Gasteiger charge is 2.26. The van der Waals surface area contributed by atoms with Gasteiger partial charge in [-0.1, -0.05) is 46.9 Å². The van der Waals surface area contributed by atoms with Crippen molar-refractivity contribution in [2.24, 2.45) is 0 Å². The predicted octanol–water partition coefficient (Wildman–Crippen LogP) is 3.99. The number of amides is 1. The van der Waals surface area contributed by atoms with Crippen LogP contribution in [0.25, 0.3) is 0 Å². The van der Waals surface area contributed by atoms with Crippen molar-refractivity contribution in [1.82, 2.24) is 9.21 Å². The molecule has 2 aromatic rings. The maximum atomic E-state index is 12.4. The maximum Gasteiger partial charge on any atom is 0.252 e. The Morgan fingerprint density at radius 1 is 1.12 bits per heavy atom. The standard InChI is InChI=1S/C15H15Cl3N2O3S2/c1-19(8-10-4-3-5-11(16)15(10)18)13(21)9-20(2)25(22,23)14-7-6-12(17)24-14/h3-7H,8-9H2,1-2H3. The van der Waals surface area contributed by atoms with Crippen molar-refractivity contribution in [1.29, 1.82) is 0 Å². The second-order valence-corrected chi connectivity index (χ2v) is 10.1. The molecule has 0 bridgehead atoms. The van der Waals surface area contributed by atoms with Crippen LogP contribution >= 0.6 is 46.1 Å². The third-order valence-electron chi connectivity index (χ3n) is 3.44. The van der Waals surface area contributed by atoms with E-state index in [1.165, 1.54) is 24.1 Å². The van der Waals surface area contributed by atoms with Crippen molar-refractivity contribution in [2.45, 2.75) is 10.8 Å². The molecule has 0 atom stereocenters. The number of nitrogens with zero attached hydrogens (tertiary/aromatic N) is 2. The molecule has 1 aromatic carbocycles. The summed E-state index contributed by atoms with van der Waals surface area (Å²) in [5.74, 6) is -0.371. The van der Waals surface area contributed by atoms with Gasteiger partial charge in [-0.2, -0.15) is 4.31 Å². The van der Waals surface area contributed by atoms with Crippen molar-refractivity contribution in [3.05, 3.63) is 50.3 Å². The number of carbonyl (C=O) groups is 1. The number of carbonyl (C=O) groups excluding carboxylic acids is 1. The second-order valence-electron chi connectivity index (χ2n) is 5.28. The normalized spacial score (nSPS) is 11.8. The minimum Gasteiger partial charge on any atom is -0.340 e. The summed E-state index contributed by atoms with van der Waals surface area (Å²) >= 11 is 18.8. The molecule has 0 fully saturated rings. The molecular formula is C15H15Cl3N2O3S2. The Labute approximate surface area is 165 Å². The van der Waals surface area contributed by atoms with E-state index in [2.05, 4.69) is 0 Å². The molecule has 2 rings (SSSR count). The lowest BCUT2D eigenvalue weighted by molar-refractivity contribution is -0.130. The predicted molar refractivity (Wildman–Crippen MR) is 102 cm³/mol. The lowest BCUT2D eigenvalue weighted by Crippen LogP contribution is -2.38. The summed E-state index contributed by atoms with van der Waals surface area (Å²) in [4.78, 5) is 13.8. The first-order chi connectivity index (χ1) is 11.6. The molecule has 0 unspecified atom stereocenters. The lowest BCUT2D eigenvalue weighted by Gasteiger charge is -2.22. The number of thiophene rings is 1. The van der Waals surface area contributed by atoms with E-state index in [0.717, 1.165) is 15.6 Å². The fourth-order valence-corrected chi connectivity index (χ4v) is 5.19. The smallest absolute Gasteiger partial charge is 0.252 e. The van der Waals surface area contributed by atoms with E-state index in [0.29, 0.717) is 19.9 Å². The van der Waals surface area contributed by atoms with E-state index in [4.69, 9.17) is 34.8 Å². The molecule has 0 aliphatic heterocycles. The molecule has 1 aromatic heterocycles. The molecule has 1 heterocycles. The summed E-state index contributed by atoms with van der Waals surface area (Å²) in [7, 11) is -0.842. The fraction of sp³-hybridized carbons (Fsp3) is 0.267. The van der Waals surface area contributed by atoms with E-state index < -0.39 is 10.0 Å². The highest BCUT2D eigenvalue weighted by molar-refractivity contribution is 7.91. The first-order valence-electron chi connectivity index (χ1n) is 7.01. The molecule has 136 valence electrons. The SMILES string of the molecule is CN(Cc1cccc(Cl)c1Cl)C(=O)CN(C)S(=O)(=O)c1ccc(Cl)s1. The third-order valence-corrected chi connectivity index (χ3v) is 7.80. The Morgan fingerprint density at radius 2 is 1.80 bits per heavy atom. The van der Waals surface area contributed by atoms with E-state index in [1.807, 2.05) is 0 Å². The van der Waals surface area contributed by atoms with Crippen LogP contribution in [0.2, 0.25) is 14.4 Å². The van der Waals surface area contributed by atoms with Crippen LogP contribution in [0.4, 0.5) is 0 Å². The molecule has 0 radical (unpaired) electrons. The molecule has 1 amide bonds. The van der Waals surface area contributed by atoms with Crippen LogP contribution in [0.15, 0.2) is 34.5 Å². The number of halogens is 3. The zero-order chi connectivity index (χ0) is 18.8. The largest absolute Gasteiger partial charge is 0.340 e. The molecule has 0 saturated carbocycles. The molecule has 0 aliphatic carbocycles. The van der Waals surface area contributed by atoms with Crippen molar-refractivity contribution in [3.8, 4) is 0 Å². The number of rotatable bonds is 6. The molecule has 25 heavy (non-hydrogen) atoms. The lowest BCUT2D eigenvalue weighted by atomic mass is 10.2. The van der Waals surface area contributed by atoms with Crippen LogP contribution in [0.5, 0.6) is 0 Å². The zero-order valence-corrected chi connectivity index (χ0v) is 17.3. The van der Waals surface area contributed by atoms with Crippen molar-refractivity contribution < 1.29 is 13.2 Å². The summed E-state index contributed by atoms with van der Waals surface area (Å²) < 4.78 is 26.3. The van der Waals surface area contributed by atoms with Gasteiger partial charge < -0.3 is 4.90 Å². The second kappa shape index (κ2) is 8.24. The minimum atomic E-state index is -3.76. The van der Waals surface area contributed by atoms with E-state index in [9.17, 15) is 13.2 Å². The first kappa shape index (κ1) is 20.5. The minimum absolute atomic E-state index is 0.0911. The number of sulfonamides is 1. The van der Waals surface area contributed by atoms with Crippen LogP contribution in [0.1, 0.15) is 5.56 Å². The van der Waals surface area contributed by atoms with Crippen LogP contribution in [-0.2, 0) is 21.4 Å². The third kappa shape index (κ3) is 4.87. The maximum absolute atomic E-state index is 12.4. The number of hydrogen-bond acceptors (Lipinski definition) is 4. The number of likely N-dealkylation sites (N-methyl/N-ethyl adjacent to an activating group) is 2. The molecular weight excluding hydrogens is 427 g/mol.